The van der Waals surface area contributed by atoms with Crippen LogP contribution < -0.4 is 21.7 Å². The zero-order valence-electron chi connectivity index (χ0n) is 14.5. The van der Waals surface area contributed by atoms with Crippen molar-refractivity contribution in [1.29, 1.82) is 0 Å². The fourth-order valence-corrected chi connectivity index (χ4v) is 2.28. The smallest absolute Gasteiger partial charge is 0.326 e. The number of rotatable bonds is 12. The van der Waals surface area contributed by atoms with Crippen LogP contribution in [0, 0.1) is 0 Å². The summed E-state index contributed by atoms with van der Waals surface area (Å²) >= 11 is 1.46. The van der Waals surface area contributed by atoms with Crippen LogP contribution in [0.1, 0.15) is 19.8 Å². The Bertz CT molecular complexity index is 543. The lowest BCUT2D eigenvalue weighted by Gasteiger charge is -2.22. The third-order valence-electron chi connectivity index (χ3n) is 3.19. The van der Waals surface area contributed by atoms with Gasteiger partial charge in [0.2, 0.25) is 17.7 Å². The van der Waals surface area contributed by atoms with E-state index in [-0.39, 0.29) is 6.54 Å². The Morgan fingerprint density at radius 1 is 1.00 bits per heavy atom. The van der Waals surface area contributed by atoms with Crippen LogP contribution in [-0.2, 0) is 24.0 Å². The van der Waals surface area contributed by atoms with Crippen LogP contribution in [0.2, 0.25) is 0 Å². The van der Waals surface area contributed by atoms with E-state index in [1.807, 2.05) is 11.6 Å². The molecule has 0 saturated carbocycles. The second-order valence-electron chi connectivity index (χ2n) is 5.33. The topological polar surface area (TPSA) is 188 Å². The standard InChI is InChI=1S/C14H24N4O7S/c1-7(12(22)18-9(14(24)25)5-11(20)21)16-13(23)8(3-4-26-2)17-10(19)6-15/h7-9H,3-6,15H2,1-2H3,(H,16,23)(H,17,19)(H,18,22)(H,20,21)(H,24,25). The largest absolute Gasteiger partial charge is 0.481 e. The number of thioether (sulfide) groups is 1. The summed E-state index contributed by atoms with van der Waals surface area (Å²) in [6.07, 6.45) is 1.33. The van der Waals surface area contributed by atoms with Crippen molar-refractivity contribution in [2.45, 2.75) is 37.9 Å². The number of carbonyl (C=O) groups is 5. The number of hydrogen-bond donors (Lipinski definition) is 6. The fourth-order valence-electron chi connectivity index (χ4n) is 1.81. The third kappa shape index (κ3) is 9.22. The van der Waals surface area contributed by atoms with Crippen molar-refractivity contribution in [3.63, 3.8) is 0 Å². The quantitative estimate of drug-likeness (QED) is 0.213. The lowest BCUT2D eigenvalue weighted by Crippen LogP contribution is -2.55. The van der Waals surface area contributed by atoms with E-state index < -0.39 is 54.2 Å². The van der Waals surface area contributed by atoms with Crippen molar-refractivity contribution >= 4 is 41.4 Å². The van der Waals surface area contributed by atoms with Gasteiger partial charge < -0.3 is 31.9 Å². The van der Waals surface area contributed by atoms with Crippen LogP contribution in [0.4, 0.5) is 0 Å². The van der Waals surface area contributed by atoms with Crippen molar-refractivity contribution in [3.8, 4) is 0 Å². The van der Waals surface area contributed by atoms with Crippen molar-refractivity contribution in [3.05, 3.63) is 0 Å². The van der Waals surface area contributed by atoms with Crippen molar-refractivity contribution in [2.24, 2.45) is 5.73 Å². The van der Waals surface area contributed by atoms with Crippen LogP contribution in [-0.4, -0.2) is 76.6 Å². The van der Waals surface area contributed by atoms with Crippen LogP contribution in [0.15, 0.2) is 0 Å². The van der Waals surface area contributed by atoms with Gasteiger partial charge in [-0.05, 0) is 25.4 Å². The average Bonchev–Trinajstić information content (AvgIpc) is 2.56. The molecule has 0 spiro atoms. The molecule has 3 unspecified atom stereocenters. The molecule has 7 N–H and O–H groups in total. The molecule has 11 nitrogen and oxygen atoms in total. The number of hydrogen-bond acceptors (Lipinski definition) is 7. The van der Waals surface area contributed by atoms with E-state index in [9.17, 15) is 24.0 Å². The Balaban J connectivity index is 4.84. The SMILES string of the molecule is CSCCC(NC(=O)CN)C(=O)NC(C)C(=O)NC(CC(=O)O)C(=O)O. The molecule has 0 radical (unpaired) electrons. The number of nitrogens with one attached hydrogen (secondary N) is 3. The maximum absolute atomic E-state index is 12.2. The van der Waals surface area contributed by atoms with E-state index in [1.165, 1.54) is 18.7 Å². The predicted octanol–water partition coefficient (Wildman–Crippen LogP) is -2.27. The molecule has 148 valence electrons. The van der Waals surface area contributed by atoms with Gasteiger partial charge in [-0.2, -0.15) is 11.8 Å². The summed E-state index contributed by atoms with van der Waals surface area (Å²) in [7, 11) is 0. The normalized spacial score (nSPS) is 13.8. The van der Waals surface area contributed by atoms with E-state index in [0.29, 0.717) is 12.2 Å². The van der Waals surface area contributed by atoms with Gasteiger partial charge in [0.05, 0.1) is 13.0 Å². The monoisotopic (exact) mass is 392 g/mol. The summed E-state index contributed by atoms with van der Waals surface area (Å²) in [5, 5.41) is 24.4. The maximum atomic E-state index is 12.2. The minimum absolute atomic E-state index is 0.297. The molecular formula is C14H24N4O7S. The van der Waals surface area contributed by atoms with Gasteiger partial charge in [-0.1, -0.05) is 0 Å². The lowest BCUT2D eigenvalue weighted by atomic mass is 10.1. The summed E-state index contributed by atoms with van der Waals surface area (Å²) < 4.78 is 0. The molecule has 26 heavy (non-hydrogen) atoms. The maximum Gasteiger partial charge on any atom is 0.326 e. The molecular weight excluding hydrogens is 368 g/mol. The summed E-state index contributed by atoms with van der Waals surface area (Å²) in [5.41, 5.74) is 5.20. The molecule has 0 saturated heterocycles. The molecule has 0 heterocycles. The van der Waals surface area contributed by atoms with Gasteiger partial charge in [-0.25, -0.2) is 4.79 Å². The second kappa shape index (κ2) is 12.1. The molecule has 0 bridgehead atoms. The number of nitrogens with two attached hydrogens (primary N) is 1. The molecule has 0 rings (SSSR count). The number of amides is 3. The molecule has 3 amide bonds. The Labute approximate surface area is 154 Å². The fraction of sp³-hybridized carbons (Fsp3) is 0.643. The van der Waals surface area contributed by atoms with E-state index in [4.69, 9.17) is 15.9 Å². The van der Waals surface area contributed by atoms with Gasteiger partial charge in [-0.15, -0.1) is 0 Å². The highest BCUT2D eigenvalue weighted by Gasteiger charge is 2.28. The predicted molar refractivity (Wildman–Crippen MR) is 93.4 cm³/mol. The molecule has 0 fully saturated rings. The van der Waals surface area contributed by atoms with E-state index in [0.717, 1.165) is 0 Å². The Morgan fingerprint density at radius 2 is 1.62 bits per heavy atom. The van der Waals surface area contributed by atoms with E-state index in [2.05, 4.69) is 10.6 Å². The highest BCUT2D eigenvalue weighted by molar-refractivity contribution is 7.98. The molecule has 12 heteroatoms. The molecule has 0 aliphatic rings. The molecule has 0 aromatic heterocycles. The Kier molecular flexibility index (Phi) is 11.0. The van der Waals surface area contributed by atoms with E-state index in [1.54, 1.807) is 0 Å². The van der Waals surface area contributed by atoms with Gasteiger partial charge in [0.1, 0.15) is 18.1 Å². The average molecular weight is 392 g/mol. The summed E-state index contributed by atoms with van der Waals surface area (Å²) in [6.45, 7) is 1.01. The van der Waals surface area contributed by atoms with Crippen LogP contribution >= 0.6 is 11.8 Å². The molecule has 3 atom stereocenters. The van der Waals surface area contributed by atoms with Gasteiger partial charge in [0.25, 0.3) is 0 Å². The van der Waals surface area contributed by atoms with Crippen LogP contribution in [0.5, 0.6) is 0 Å². The molecule has 0 aliphatic carbocycles. The number of carbonyl (C=O) groups excluding carboxylic acids is 3. The highest BCUT2D eigenvalue weighted by Crippen LogP contribution is 2.02. The first-order valence-corrected chi connectivity index (χ1v) is 9.05. The number of carboxylic acids is 2. The number of carboxylic acid groups (broad SMARTS) is 2. The summed E-state index contributed by atoms with van der Waals surface area (Å²) in [5.74, 6) is -4.35. The van der Waals surface area contributed by atoms with E-state index >= 15 is 0 Å². The van der Waals surface area contributed by atoms with Crippen LogP contribution in [0.3, 0.4) is 0 Å². The Hall–Kier alpha value is -2.34. The minimum Gasteiger partial charge on any atom is -0.481 e. The van der Waals surface area contributed by atoms with Gasteiger partial charge >= 0.3 is 11.9 Å². The van der Waals surface area contributed by atoms with Crippen molar-refractivity contribution < 1.29 is 34.2 Å². The zero-order chi connectivity index (χ0) is 20.3. The van der Waals surface area contributed by atoms with Gasteiger partial charge in [0.15, 0.2) is 0 Å². The van der Waals surface area contributed by atoms with Crippen molar-refractivity contribution in [2.75, 3.05) is 18.6 Å². The second-order valence-corrected chi connectivity index (χ2v) is 6.32. The first-order chi connectivity index (χ1) is 12.1. The van der Waals surface area contributed by atoms with Crippen molar-refractivity contribution in [1.82, 2.24) is 16.0 Å². The third-order valence-corrected chi connectivity index (χ3v) is 3.84. The van der Waals surface area contributed by atoms with Crippen LogP contribution in [0.25, 0.3) is 0 Å². The Morgan fingerprint density at radius 3 is 2.08 bits per heavy atom. The number of aliphatic carboxylic acids is 2. The summed E-state index contributed by atoms with van der Waals surface area (Å²) in [6, 6.07) is -3.66. The first kappa shape index (κ1) is 23.7. The van der Waals surface area contributed by atoms with Gasteiger partial charge in [-0.3, -0.25) is 19.2 Å². The molecule has 0 aromatic carbocycles. The summed E-state index contributed by atoms with van der Waals surface area (Å²) in [4.78, 5) is 57.2. The van der Waals surface area contributed by atoms with Gasteiger partial charge in [0, 0.05) is 0 Å². The highest BCUT2D eigenvalue weighted by atomic mass is 32.2. The molecule has 0 aliphatic heterocycles. The minimum atomic E-state index is -1.62. The molecule has 0 aromatic rings. The zero-order valence-corrected chi connectivity index (χ0v) is 15.3. The lowest BCUT2D eigenvalue weighted by molar-refractivity contribution is -0.147. The first-order valence-electron chi connectivity index (χ1n) is 7.66.